The fourth-order valence-electron chi connectivity index (χ4n) is 3.17. The van der Waals surface area contributed by atoms with Gasteiger partial charge in [-0.15, -0.1) is 0 Å². The molecule has 4 heteroatoms. The predicted molar refractivity (Wildman–Crippen MR) is 74.4 cm³/mol. The van der Waals surface area contributed by atoms with Crippen LogP contribution in [-0.2, 0) is 0 Å². The van der Waals surface area contributed by atoms with E-state index in [9.17, 15) is 0 Å². The van der Waals surface area contributed by atoms with Crippen molar-refractivity contribution in [2.75, 3.05) is 19.9 Å². The third-order valence-electron chi connectivity index (χ3n) is 4.26. The van der Waals surface area contributed by atoms with E-state index in [-0.39, 0.29) is 6.04 Å². The largest absolute Gasteiger partial charge is 0.454 e. The summed E-state index contributed by atoms with van der Waals surface area (Å²) in [5.74, 6) is 1.69. The molecule has 0 saturated carbocycles. The highest BCUT2D eigenvalue weighted by molar-refractivity contribution is 5.45. The van der Waals surface area contributed by atoms with Crippen LogP contribution in [-0.4, -0.2) is 30.8 Å². The minimum Gasteiger partial charge on any atom is -0.454 e. The molecule has 1 aromatic rings. The summed E-state index contributed by atoms with van der Waals surface area (Å²) >= 11 is 0. The monoisotopic (exact) mass is 262 g/mol. The second kappa shape index (κ2) is 5.39. The maximum atomic E-state index is 6.03. The predicted octanol–water partition coefficient (Wildman–Crippen LogP) is 2.29. The molecule has 0 spiro atoms. The number of hydrogen-bond acceptors (Lipinski definition) is 4. The zero-order valence-corrected chi connectivity index (χ0v) is 11.5. The minimum atomic E-state index is 0.282. The van der Waals surface area contributed by atoms with Crippen LogP contribution in [0.5, 0.6) is 11.5 Å². The minimum absolute atomic E-state index is 0.282. The van der Waals surface area contributed by atoms with Crippen molar-refractivity contribution in [2.24, 2.45) is 5.73 Å². The van der Waals surface area contributed by atoms with E-state index in [0.717, 1.165) is 18.0 Å². The standard InChI is InChI=1S/C15H22N2O2/c1-11-4-2-3-7-17(11)13(9-16)12-5-6-14-15(8-12)19-10-18-14/h5-6,8,11,13H,2-4,7,9-10,16H2,1H3. The van der Waals surface area contributed by atoms with Crippen LogP contribution in [0.15, 0.2) is 18.2 Å². The molecule has 2 unspecified atom stereocenters. The molecule has 1 saturated heterocycles. The third-order valence-corrected chi connectivity index (χ3v) is 4.26. The van der Waals surface area contributed by atoms with Crippen molar-refractivity contribution < 1.29 is 9.47 Å². The van der Waals surface area contributed by atoms with Gasteiger partial charge in [0.05, 0.1) is 0 Å². The molecule has 1 aromatic carbocycles. The van der Waals surface area contributed by atoms with Crippen LogP contribution < -0.4 is 15.2 Å². The molecule has 2 aliphatic rings. The van der Waals surface area contributed by atoms with Crippen molar-refractivity contribution in [2.45, 2.75) is 38.3 Å². The molecule has 2 N–H and O–H groups in total. The van der Waals surface area contributed by atoms with Crippen LogP contribution in [0.25, 0.3) is 0 Å². The Morgan fingerprint density at radius 1 is 1.32 bits per heavy atom. The van der Waals surface area contributed by atoms with Crippen LogP contribution in [0.4, 0.5) is 0 Å². The van der Waals surface area contributed by atoms with Crippen LogP contribution in [0, 0.1) is 0 Å². The van der Waals surface area contributed by atoms with E-state index >= 15 is 0 Å². The third kappa shape index (κ3) is 2.42. The second-order valence-corrected chi connectivity index (χ2v) is 5.45. The molecular weight excluding hydrogens is 240 g/mol. The number of nitrogens with zero attached hydrogens (tertiary/aromatic N) is 1. The maximum Gasteiger partial charge on any atom is 0.231 e. The molecular formula is C15H22N2O2. The van der Waals surface area contributed by atoms with Crippen LogP contribution in [0.2, 0.25) is 0 Å². The Morgan fingerprint density at radius 3 is 2.95 bits per heavy atom. The molecule has 0 aromatic heterocycles. The van der Waals surface area contributed by atoms with Crippen molar-refractivity contribution >= 4 is 0 Å². The van der Waals surface area contributed by atoms with Gasteiger partial charge in [-0.1, -0.05) is 12.5 Å². The molecule has 3 rings (SSSR count). The zero-order valence-electron chi connectivity index (χ0n) is 11.5. The van der Waals surface area contributed by atoms with Gasteiger partial charge < -0.3 is 15.2 Å². The molecule has 104 valence electrons. The van der Waals surface area contributed by atoms with Crippen LogP contribution >= 0.6 is 0 Å². The van der Waals surface area contributed by atoms with Gasteiger partial charge in [0, 0.05) is 18.6 Å². The molecule has 0 amide bonds. The number of ether oxygens (including phenoxy) is 2. The molecule has 4 nitrogen and oxygen atoms in total. The summed E-state index contributed by atoms with van der Waals surface area (Å²) in [7, 11) is 0. The quantitative estimate of drug-likeness (QED) is 0.908. The van der Waals surface area contributed by atoms with Gasteiger partial charge in [-0.05, 0) is 44.0 Å². The van der Waals surface area contributed by atoms with Crippen molar-refractivity contribution in [3.63, 3.8) is 0 Å². The normalized spacial score (nSPS) is 24.4. The van der Waals surface area contributed by atoms with Gasteiger partial charge in [0.15, 0.2) is 11.5 Å². The molecule has 2 aliphatic heterocycles. The van der Waals surface area contributed by atoms with Crippen molar-refractivity contribution in [3.05, 3.63) is 23.8 Å². The Bertz CT molecular complexity index is 450. The van der Waals surface area contributed by atoms with Crippen molar-refractivity contribution in [1.29, 1.82) is 0 Å². The lowest BCUT2D eigenvalue weighted by atomic mass is 9.97. The van der Waals surface area contributed by atoms with E-state index < -0.39 is 0 Å². The molecule has 19 heavy (non-hydrogen) atoms. The fourth-order valence-corrected chi connectivity index (χ4v) is 3.17. The molecule has 0 aliphatic carbocycles. The van der Waals surface area contributed by atoms with E-state index in [4.69, 9.17) is 15.2 Å². The summed E-state index contributed by atoms with van der Waals surface area (Å²) < 4.78 is 10.8. The number of hydrogen-bond donors (Lipinski definition) is 1. The van der Waals surface area contributed by atoms with Gasteiger partial charge in [-0.2, -0.15) is 0 Å². The Balaban J connectivity index is 1.85. The Labute approximate surface area is 114 Å². The van der Waals surface area contributed by atoms with Gasteiger partial charge in [0.1, 0.15) is 0 Å². The van der Waals surface area contributed by atoms with E-state index in [0.29, 0.717) is 19.4 Å². The Hall–Kier alpha value is -1.26. The average Bonchev–Trinajstić information content (AvgIpc) is 2.89. The number of fused-ring (bicyclic) bond motifs is 1. The first kappa shape index (κ1) is 12.8. The SMILES string of the molecule is CC1CCCCN1C(CN)c1ccc2c(c1)OCO2. The fraction of sp³-hybridized carbons (Fsp3) is 0.600. The second-order valence-electron chi connectivity index (χ2n) is 5.45. The summed E-state index contributed by atoms with van der Waals surface area (Å²) in [5.41, 5.74) is 7.27. The van der Waals surface area contributed by atoms with Gasteiger partial charge in [0.2, 0.25) is 6.79 Å². The topological polar surface area (TPSA) is 47.7 Å². The smallest absolute Gasteiger partial charge is 0.231 e. The first-order chi connectivity index (χ1) is 9.29. The number of piperidine rings is 1. The Morgan fingerprint density at radius 2 is 2.16 bits per heavy atom. The van der Waals surface area contributed by atoms with E-state index in [1.807, 2.05) is 6.07 Å². The summed E-state index contributed by atoms with van der Waals surface area (Å²) in [6, 6.07) is 7.08. The van der Waals surface area contributed by atoms with Gasteiger partial charge in [-0.3, -0.25) is 4.90 Å². The zero-order chi connectivity index (χ0) is 13.2. The van der Waals surface area contributed by atoms with E-state index in [2.05, 4.69) is 24.0 Å². The lowest BCUT2D eigenvalue weighted by Gasteiger charge is -2.39. The maximum absolute atomic E-state index is 6.03. The van der Waals surface area contributed by atoms with Crippen LogP contribution in [0.1, 0.15) is 37.8 Å². The highest BCUT2D eigenvalue weighted by Gasteiger charge is 2.27. The highest BCUT2D eigenvalue weighted by Crippen LogP contribution is 2.36. The summed E-state index contributed by atoms with van der Waals surface area (Å²) in [4.78, 5) is 2.53. The first-order valence-electron chi connectivity index (χ1n) is 7.15. The Kier molecular flexibility index (Phi) is 3.62. The first-order valence-corrected chi connectivity index (χ1v) is 7.15. The number of nitrogens with two attached hydrogens (primary N) is 1. The number of likely N-dealkylation sites (tertiary alicyclic amines) is 1. The van der Waals surface area contributed by atoms with Crippen LogP contribution in [0.3, 0.4) is 0 Å². The molecule has 2 atom stereocenters. The lowest BCUT2D eigenvalue weighted by molar-refractivity contribution is 0.109. The lowest BCUT2D eigenvalue weighted by Crippen LogP contribution is -2.43. The summed E-state index contributed by atoms with van der Waals surface area (Å²) in [6.45, 7) is 4.41. The average molecular weight is 262 g/mol. The van der Waals surface area contributed by atoms with Gasteiger partial charge in [-0.25, -0.2) is 0 Å². The molecule has 0 radical (unpaired) electrons. The molecule has 1 fully saturated rings. The van der Waals surface area contributed by atoms with Gasteiger partial charge in [0.25, 0.3) is 0 Å². The summed E-state index contributed by atoms with van der Waals surface area (Å²) in [5, 5.41) is 0. The number of benzene rings is 1. The number of rotatable bonds is 3. The summed E-state index contributed by atoms with van der Waals surface area (Å²) in [6.07, 6.45) is 3.86. The van der Waals surface area contributed by atoms with Crippen molar-refractivity contribution in [3.8, 4) is 11.5 Å². The van der Waals surface area contributed by atoms with Crippen molar-refractivity contribution in [1.82, 2.24) is 4.90 Å². The van der Waals surface area contributed by atoms with E-state index in [1.54, 1.807) is 0 Å². The molecule has 0 bridgehead atoms. The molecule has 2 heterocycles. The highest BCUT2D eigenvalue weighted by atomic mass is 16.7. The van der Waals surface area contributed by atoms with E-state index in [1.165, 1.54) is 24.8 Å². The van der Waals surface area contributed by atoms with Gasteiger partial charge >= 0.3 is 0 Å².